The molecule has 0 heterocycles. The van der Waals surface area contributed by atoms with Crippen molar-refractivity contribution in [2.24, 2.45) is 0 Å². The largest absolute Gasteiger partial charge is 0.484 e. The first kappa shape index (κ1) is 34.8. The van der Waals surface area contributed by atoms with Gasteiger partial charge in [0, 0.05) is 25.2 Å². The highest BCUT2D eigenvalue weighted by Crippen LogP contribution is 2.21. The fourth-order valence-electron chi connectivity index (χ4n) is 5.11. The Kier molecular flexibility index (Phi) is 11.7. The van der Waals surface area contributed by atoms with Crippen LogP contribution < -0.4 is 14.8 Å². The van der Waals surface area contributed by atoms with Crippen molar-refractivity contribution in [1.29, 1.82) is 0 Å². The monoisotopic (exact) mass is 683 g/mol. The zero-order valence-electron chi connectivity index (χ0n) is 26.5. The highest BCUT2D eigenvalue weighted by molar-refractivity contribution is 7.92. The summed E-state index contributed by atoms with van der Waals surface area (Å²) < 4.78 is 60.8. The molecule has 0 aliphatic carbocycles. The summed E-state index contributed by atoms with van der Waals surface area (Å²) in [5.41, 5.74) is 2.71. The molecule has 5 rings (SSSR count). The standard InChI is InChI=1S/C38H35F2N3O5S/c39-31-13-11-30(12-14-31)26-43(36(25-29-9-5-2-6-10-29)38(45)41-24-23-28-7-3-1-4-8-28)37(44)27-48-34-19-21-35(22-20-34)49(46,47)42-33-17-15-32(40)16-18-33/h1-22,36,42H,23-27H2,(H,41,45)/t36-/m0/s1. The summed E-state index contributed by atoms with van der Waals surface area (Å²) >= 11 is 0. The lowest BCUT2D eigenvalue weighted by atomic mass is 10.0. The van der Waals surface area contributed by atoms with Crippen molar-refractivity contribution in [2.75, 3.05) is 17.9 Å². The average molecular weight is 684 g/mol. The number of carbonyl (C=O) groups excluding carboxylic acids is 2. The van der Waals surface area contributed by atoms with Gasteiger partial charge < -0.3 is 15.0 Å². The molecule has 0 spiro atoms. The lowest BCUT2D eigenvalue weighted by molar-refractivity contribution is -0.142. The van der Waals surface area contributed by atoms with E-state index in [0.717, 1.165) is 23.3 Å². The molecule has 0 aromatic heterocycles. The van der Waals surface area contributed by atoms with E-state index in [4.69, 9.17) is 4.74 Å². The van der Waals surface area contributed by atoms with Crippen molar-refractivity contribution in [3.05, 3.63) is 162 Å². The van der Waals surface area contributed by atoms with Gasteiger partial charge >= 0.3 is 0 Å². The molecule has 49 heavy (non-hydrogen) atoms. The molecular weight excluding hydrogens is 648 g/mol. The van der Waals surface area contributed by atoms with Crippen LogP contribution in [0.1, 0.15) is 16.7 Å². The van der Waals surface area contributed by atoms with Crippen molar-refractivity contribution >= 4 is 27.5 Å². The van der Waals surface area contributed by atoms with Crippen molar-refractivity contribution < 1.29 is 31.5 Å². The van der Waals surface area contributed by atoms with Crippen LogP contribution in [0.25, 0.3) is 0 Å². The van der Waals surface area contributed by atoms with E-state index < -0.39 is 40.2 Å². The Labute approximate surface area is 284 Å². The summed E-state index contributed by atoms with van der Waals surface area (Å²) in [5, 5.41) is 2.98. The molecule has 252 valence electrons. The maximum Gasteiger partial charge on any atom is 0.261 e. The van der Waals surface area contributed by atoms with Gasteiger partial charge in [0.1, 0.15) is 23.4 Å². The third-order valence-electron chi connectivity index (χ3n) is 7.69. The number of anilines is 1. The minimum absolute atomic E-state index is 0.0122. The number of hydrogen-bond donors (Lipinski definition) is 2. The number of amides is 2. The number of halogens is 2. The Morgan fingerprint density at radius 3 is 1.88 bits per heavy atom. The van der Waals surface area contributed by atoms with E-state index in [0.29, 0.717) is 18.5 Å². The van der Waals surface area contributed by atoms with Gasteiger partial charge in [-0.3, -0.25) is 14.3 Å². The van der Waals surface area contributed by atoms with Crippen LogP contribution in [0.5, 0.6) is 5.75 Å². The molecule has 0 aliphatic heterocycles. The summed E-state index contributed by atoms with van der Waals surface area (Å²) in [5.74, 6) is -1.55. The molecule has 0 saturated heterocycles. The molecular formula is C38H35F2N3O5S. The Bertz CT molecular complexity index is 1930. The molecule has 0 bridgehead atoms. The van der Waals surface area contributed by atoms with E-state index in [9.17, 15) is 26.8 Å². The van der Waals surface area contributed by atoms with E-state index in [2.05, 4.69) is 10.0 Å². The predicted octanol–water partition coefficient (Wildman–Crippen LogP) is 6.14. The second-order valence-electron chi connectivity index (χ2n) is 11.3. The lowest BCUT2D eigenvalue weighted by Crippen LogP contribution is -2.52. The summed E-state index contributed by atoms with van der Waals surface area (Å²) in [6.07, 6.45) is 0.823. The smallest absolute Gasteiger partial charge is 0.261 e. The van der Waals surface area contributed by atoms with E-state index >= 15 is 0 Å². The van der Waals surface area contributed by atoms with Crippen LogP contribution in [0, 0.1) is 11.6 Å². The Balaban J connectivity index is 1.33. The highest BCUT2D eigenvalue weighted by atomic mass is 32.2. The molecule has 0 fully saturated rings. The van der Waals surface area contributed by atoms with Gasteiger partial charge in [0.05, 0.1) is 4.90 Å². The number of sulfonamides is 1. The summed E-state index contributed by atoms with van der Waals surface area (Å²) in [6.45, 7) is -0.0868. The number of carbonyl (C=O) groups is 2. The van der Waals surface area contributed by atoms with E-state index in [-0.39, 0.29) is 35.2 Å². The quantitative estimate of drug-likeness (QED) is 0.138. The van der Waals surface area contributed by atoms with Gasteiger partial charge in [0.2, 0.25) is 5.91 Å². The third-order valence-corrected chi connectivity index (χ3v) is 9.08. The van der Waals surface area contributed by atoms with Gasteiger partial charge in [-0.25, -0.2) is 17.2 Å². The second kappa shape index (κ2) is 16.5. The van der Waals surface area contributed by atoms with Crippen molar-refractivity contribution in [3.63, 3.8) is 0 Å². The molecule has 5 aromatic carbocycles. The number of nitrogens with zero attached hydrogens (tertiary/aromatic N) is 1. The van der Waals surface area contributed by atoms with Crippen LogP contribution >= 0.6 is 0 Å². The third kappa shape index (κ3) is 10.2. The van der Waals surface area contributed by atoms with E-state index in [1.54, 1.807) is 12.1 Å². The van der Waals surface area contributed by atoms with Crippen LogP contribution in [0.2, 0.25) is 0 Å². The van der Waals surface area contributed by atoms with Crippen molar-refractivity contribution in [2.45, 2.75) is 30.3 Å². The SMILES string of the molecule is O=C(NCCc1ccccc1)[C@H](Cc1ccccc1)N(Cc1ccc(F)cc1)C(=O)COc1ccc(S(=O)(=O)Nc2ccc(F)cc2)cc1. The van der Waals surface area contributed by atoms with Crippen LogP contribution in [0.4, 0.5) is 14.5 Å². The van der Waals surface area contributed by atoms with Gasteiger partial charge in [-0.05, 0) is 83.8 Å². The lowest BCUT2D eigenvalue weighted by Gasteiger charge is -2.31. The van der Waals surface area contributed by atoms with Crippen LogP contribution in [0.15, 0.2) is 138 Å². The van der Waals surface area contributed by atoms with Crippen molar-refractivity contribution in [1.82, 2.24) is 10.2 Å². The number of nitrogens with one attached hydrogen (secondary N) is 2. The molecule has 5 aromatic rings. The zero-order chi connectivity index (χ0) is 34.6. The number of hydrogen-bond acceptors (Lipinski definition) is 5. The maximum absolute atomic E-state index is 13.9. The molecule has 8 nitrogen and oxygen atoms in total. The number of rotatable bonds is 15. The molecule has 0 aliphatic rings. The van der Waals surface area contributed by atoms with Crippen LogP contribution in [-0.2, 0) is 39.0 Å². The molecule has 2 N–H and O–H groups in total. The average Bonchev–Trinajstić information content (AvgIpc) is 3.11. The normalized spacial score (nSPS) is 11.7. The van der Waals surface area contributed by atoms with Gasteiger partial charge in [-0.1, -0.05) is 72.8 Å². The fraction of sp³-hybridized carbons (Fsp3) is 0.158. The zero-order valence-corrected chi connectivity index (χ0v) is 27.3. The van der Waals surface area contributed by atoms with Gasteiger partial charge in [-0.2, -0.15) is 0 Å². The number of ether oxygens (including phenoxy) is 1. The highest BCUT2D eigenvalue weighted by Gasteiger charge is 2.30. The first-order chi connectivity index (χ1) is 23.7. The Morgan fingerprint density at radius 1 is 0.694 bits per heavy atom. The summed E-state index contributed by atoms with van der Waals surface area (Å²) in [6, 6.07) is 34.2. The predicted molar refractivity (Wildman–Crippen MR) is 183 cm³/mol. The maximum atomic E-state index is 13.9. The molecule has 0 radical (unpaired) electrons. The first-order valence-electron chi connectivity index (χ1n) is 15.6. The van der Waals surface area contributed by atoms with Crippen molar-refractivity contribution in [3.8, 4) is 5.75 Å². The van der Waals surface area contributed by atoms with E-state index in [1.165, 1.54) is 53.4 Å². The van der Waals surface area contributed by atoms with Crippen LogP contribution in [0.3, 0.4) is 0 Å². The van der Waals surface area contributed by atoms with E-state index in [1.807, 2.05) is 60.7 Å². The second-order valence-corrected chi connectivity index (χ2v) is 12.9. The summed E-state index contributed by atoms with van der Waals surface area (Å²) in [7, 11) is -3.98. The van der Waals surface area contributed by atoms with Crippen LogP contribution in [-0.4, -0.2) is 44.3 Å². The minimum atomic E-state index is -3.98. The molecule has 0 unspecified atom stereocenters. The Hall–Kier alpha value is -5.55. The first-order valence-corrected chi connectivity index (χ1v) is 17.1. The minimum Gasteiger partial charge on any atom is -0.484 e. The number of benzene rings is 5. The van der Waals surface area contributed by atoms with Gasteiger partial charge in [0.15, 0.2) is 6.61 Å². The molecule has 1 atom stereocenters. The molecule has 0 saturated carbocycles. The Morgan fingerprint density at radius 2 is 1.27 bits per heavy atom. The fourth-order valence-corrected chi connectivity index (χ4v) is 6.17. The van der Waals surface area contributed by atoms with Gasteiger partial charge in [-0.15, -0.1) is 0 Å². The molecule has 2 amide bonds. The molecule has 11 heteroatoms. The topological polar surface area (TPSA) is 105 Å². The van der Waals surface area contributed by atoms with Gasteiger partial charge in [0.25, 0.3) is 15.9 Å². The summed E-state index contributed by atoms with van der Waals surface area (Å²) in [4.78, 5) is 29.0.